The lowest BCUT2D eigenvalue weighted by Crippen LogP contribution is -3.19. The van der Waals surface area contributed by atoms with Gasteiger partial charge >= 0.3 is 0 Å². The number of ether oxygens (including phenoxy) is 1. The van der Waals surface area contributed by atoms with E-state index in [0.717, 1.165) is 39.3 Å². The highest BCUT2D eigenvalue weighted by Gasteiger charge is 2.24. The summed E-state index contributed by atoms with van der Waals surface area (Å²) in [4.78, 5) is 29.8. The largest absolute Gasteiger partial charge is 0.484 e. The van der Waals surface area contributed by atoms with Crippen molar-refractivity contribution < 1.29 is 24.1 Å². The molecule has 2 aromatic carbocycles. The number of hydrogen-bond acceptors (Lipinski definition) is 3. The van der Waals surface area contributed by atoms with E-state index >= 15 is 0 Å². The van der Waals surface area contributed by atoms with Crippen LogP contribution in [0.3, 0.4) is 0 Å². The van der Waals surface area contributed by atoms with E-state index in [1.807, 2.05) is 23.1 Å². The van der Waals surface area contributed by atoms with Crippen LogP contribution in [0.15, 0.2) is 54.6 Å². The number of hydrogen-bond donors (Lipinski definition) is 2. The van der Waals surface area contributed by atoms with Crippen LogP contribution in [0.5, 0.6) is 5.75 Å². The molecule has 1 saturated heterocycles. The summed E-state index contributed by atoms with van der Waals surface area (Å²) in [5, 5.41) is 0. The molecule has 0 radical (unpaired) electrons. The summed E-state index contributed by atoms with van der Waals surface area (Å²) in [7, 11) is 4.33. The van der Waals surface area contributed by atoms with Crippen molar-refractivity contribution in [2.24, 2.45) is 0 Å². The molecule has 0 atom stereocenters. The van der Waals surface area contributed by atoms with Crippen LogP contribution in [-0.4, -0.2) is 76.6 Å². The molecule has 6 heteroatoms. The van der Waals surface area contributed by atoms with E-state index in [-0.39, 0.29) is 18.3 Å². The first-order valence-electron chi connectivity index (χ1n) is 10.3. The second kappa shape index (κ2) is 10.2. The Morgan fingerprint density at radius 2 is 1.59 bits per heavy atom. The van der Waals surface area contributed by atoms with Crippen molar-refractivity contribution in [1.29, 1.82) is 0 Å². The summed E-state index contributed by atoms with van der Waals surface area (Å²) in [6, 6.07) is 16.2. The van der Waals surface area contributed by atoms with Gasteiger partial charge in [-0.2, -0.15) is 0 Å². The van der Waals surface area contributed by atoms with Gasteiger partial charge in [-0.25, -0.2) is 0 Å². The van der Waals surface area contributed by atoms with E-state index in [1.54, 1.807) is 41.3 Å². The first kappa shape index (κ1) is 21.0. The fraction of sp³-hybridized carbons (Fsp3) is 0.391. The van der Waals surface area contributed by atoms with Gasteiger partial charge in [-0.05, 0) is 24.3 Å². The van der Waals surface area contributed by atoms with Gasteiger partial charge in [0.25, 0.3) is 5.91 Å². The summed E-state index contributed by atoms with van der Waals surface area (Å²) >= 11 is 0. The van der Waals surface area contributed by atoms with Gasteiger partial charge in [0, 0.05) is 11.1 Å². The van der Waals surface area contributed by atoms with Crippen LogP contribution in [0.2, 0.25) is 0 Å². The van der Waals surface area contributed by atoms with Gasteiger partial charge in [-0.3, -0.25) is 9.59 Å². The third kappa shape index (κ3) is 6.14. The molecule has 29 heavy (non-hydrogen) atoms. The van der Waals surface area contributed by atoms with Crippen molar-refractivity contribution in [1.82, 2.24) is 4.90 Å². The Morgan fingerprint density at radius 1 is 0.966 bits per heavy atom. The van der Waals surface area contributed by atoms with E-state index in [4.69, 9.17) is 4.74 Å². The minimum Gasteiger partial charge on any atom is -0.484 e. The fourth-order valence-corrected chi connectivity index (χ4v) is 3.44. The highest BCUT2D eigenvalue weighted by Crippen LogP contribution is 2.15. The average molecular weight is 398 g/mol. The molecule has 0 unspecified atom stereocenters. The molecule has 3 rings (SSSR count). The summed E-state index contributed by atoms with van der Waals surface area (Å²) in [6.45, 7) is 5.88. The second-order valence-corrected chi connectivity index (χ2v) is 7.85. The topological polar surface area (TPSA) is 55.5 Å². The Kier molecular flexibility index (Phi) is 7.38. The van der Waals surface area contributed by atoms with Crippen LogP contribution in [0.1, 0.15) is 15.9 Å². The van der Waals surface area contributed by atoms with Crippen molar-refractivity contribution in [2.75, 3.05) is 60.0 Å². The molecular formula is C23H31N3O3+2. The van der Waals surface area contributed by atoms with Crippen LogP contribution in [0.4, 0.5) is 0 Å². The van der Waals surface area contributed by atoms with E-state index < -0.39 is 0 Å². The van der Waals surface area contributed by atoms with Gasteiger partial charge < -0.3 is 19.4 Å². The molecule has 6 nitrogen and oxygen atoms in total. The molecule has 2 N–H and O–H groups in total. The molecule has 0 bridgehead atoms. The quantitative estimate of drug-likeness (QED) is 0.572. The zero-order valence-electron chi connectivity index (χ0n) is 17.3. The average Bonchev–Trinajstić information content (AvgIpc) is 2.77. The standard InChI is InChI=1S/C23H29N3O3/c1-24(2)12-13-25-14-16-26(17-15-25)22(27)18-29-21-10-8-20(9-11-21)23(28)19-6-4-3-5-7-19/h3-11H,12-18H2,1-2H3/p+2. The van der Waals surface area contributed by atoms with Gasteiger partial charge in [0.05, 0.1) is 40.3 Å². The maximum Gasteiger partial charge on any atom is 0.260 e. The normalized spacial score (nSPS) is 14.8. The number of nitrogens with one attached hydrogen (secondary N) is 2. The number of nitrogens with zero attached hydrogens (tertiary/aromatic N) is 1. The molecule has 1 aliphatic rings. The van der Waals surface area contributed by atoms with Crippen LogP contribution in [-0.2, 0) is 4.79 Å². The monoisotopic (exact) mass is 397 g/mol. The van der Waals surface area contributed by atoms with Crippen molar-refractivity contribution in [3.63, 3.8) is 0 Å². The Morgan fingerprint density at radius 3 is 2.21 bits per heavy atom. The zero-order valence-corrected chi connectivity index (χ0v) is 17.3. The first-order valence-corrected chi connectivity index (χ1v) is 10.3. The Balaban J connectivity index is 1.44. The number of piperazine rings is 1. The van der Waals surface area contributed by atoms with Crippen molar-refractivity contribution >= 4 is 11.7 Å². The smallest absolute Gasteiger partial charge is 0.260 e. The lowest BCUT2D eigenvalue weighted by atomic mass is 10.0. The van der Waals surface area contributed by atoms with Crippen LogP contribution >= 0.6 is 0 Å². The van der Waals surface area contributed by atoms with Gasteiger partial charge in [-0.1, -0.05) is 30.3 Å². The highest BCUT2D eigenvalue weighted by atomic mass is 16.5. The van der Waals surface area contributed by atoms with Crippen molar-refractivity contribution in [3.05, 3.63) is 65.7 Å². The van der Waals surface area contributed by atoms with E-state index in [0.29, 0.717) is 16.9 Å². The Hall–Kier alpha value is -2.70. The van der Waals surface area contributed by atoms with E-state index in [1.165, 1.54) is 4.90 Å². The molecule has 0 saturated carbocycles. The van der Waals surface area contributed by atoms with E-state index in [9.17, 15) is 9.59 Å². The lowest BCUT2D eigenvalue weighted by Gasteiger charge is -2.32. The molecule has 0 spiro atoms. The number of rotatable bonds is 8. The predicted molar refractivity (Wildman–Crippen MR) is 112 cm³/mol. The maximum atomic E-state index is 12.4. The van der Waals surface area contributed by atoms with Gasteiger partial charge in [0.1, 0.15) is 18.8 Å². The Bertz CT molecular complexity index is 798. The van der Waals surface area contributed by atoms with Gasteiger partial charge in [0.2, 0.25) is 0 Å². The van der Waals surface area contributed by atoms with E-state index in [2.05, 4.69) is 14.1 Å². The van der Waals surface area contributed by atoms with Crippen LogP contribution in [0.25, 0.3) is 0 Å². The highest BCUT2D eigenvalue weighted by molar-refractivity contribution is 6.08. The summed E-state index contributed by atoms with van der Waals surface area (Å²) < 4.78 is 5.65. The number of likely N-dealkylation sites (N-methyl/N-ethyl adjacent to an activating group) is 1. The molecular weight excluding hydrogens is 366 g/mol. The number of ketones is 1. The minimum atomic E-state index is -0.0236. The van der Waals surface area contributed by atoms with Crippen molar-refractivity contribution in [3.8, 4) is 5.75 Å². The summed E-state index contributed by atoms with van der Waals surface area (Å²) in [5.74, 6) is 0.595. The lowest BCUT2D eigenvalue weighted by molar-refractivity contribution is -0.943. The molecule has 1 fully saturated rings. The number of carbonyl (C=O) groups is 2. The van der Waals surface area contributed by atoms with Crippen LogP contribution < -0.4 is 14.5 Å². The summed E-state index contributed by atoms with van der Waals surface area (Å²) in [6.07, 6.45) is 0. The molecule has 0 aliphatic carbocycles. The molecule has 1 heterocycles. The summed E-state index contributed by atoms with van der Waals surface area (Å²) in [5.41, 5.74) is 1.26. The second-order valence-electron chi connectivity index (χ2n) is 7.85. The number of quaternary nitrogens is 2. The number of carbonyl (C=O) groups excluding carboxylic acids is 2. The third-order valence-corrected chi connectivity index (χ3v) is 5.32. The minimum absolute atomic E-state index is 0.0201. The predicted octanol–water partition coefficient (Wildman–Crippen LogP) is -0.832. The van der Waals surface area contributed by atoms with Gasteiger partial charge in [-0.15, -0.1) is 0 Å². The first-order chi connectivity index (χ1) is 14.0. The Labute approximate surface area is 172 Å². The fourth-order valence-electron chi connectivity index (χ4n) is 3.44. The molecule has 2 aromatic rings. The maximum absolute atomic E-state index is 12.4. The number of benzene rings is 2. The van der Waals surface area contributed by atoms with Crippen molar-refractivity contribution in [2.45, 2.75) is 0 Å². The molecule has 1 amide bonds. The molecule has 1 aliphatic heterocycles. The van der Waals surface area contributed by atoms with Crippen LogP contribution in [0, 0.1) is 0 Å². The molecule has 154 valence electrons. The zero-order chi connectivity index (χ0) is 20.6. The number of amides is 1. The molecule has 0 aromatic heterocycles. The van der Waals surface area contributed by atoms with Gasteiger partial charge in [0.15, 0.2) is 12.4 Å². The SMILES string of the molecule is C[NH+](C)CC[NH+]1CCN(C(=O)COc2ccc(C(=O)c3ccccc3)cc2)CC1. The third-order valence-electron chi connectivity index (χ3n) is 5.32.